The monoisotopic (exact) mass is 503 g/mol. The van der Waals surface area contributed by atoms with Crippen molar-refractivity contribution in [1.82, 2.24) is 9.88 Å². The molecule has 2 aliphatic rings. The van der Waals surface area contributed by atoms with Crippen LogP contribution in [-0.2, 0) is 10.9 Å². The number of rotatable bonds is 5. The van der Waals surface area contributed by atoms with Crippen LogP contribution in [0.2, 0.25) is 0 Å². The van der Waals surface area contributed by atoms with Crippen molar-refractivity contribution in [1.29, 1.82) is 5.26 Å². The number of aromatic nitrogens is 1. The number of nitrogens with one attached hydrogen (secondary N) is 1. The Balaban J connectivity index is 1.29. The van der Waals surface area contributed by atoms with Gasteiger partial charge in [0.05, 0.1) is 48.5 Å². The van der Waals surface area contributed by atoms with Crippen LogP contribution in [0.15, 0.2) is 36.7 Å². The second-order valence-corrected chi connectivity index (χ2v) is 8.93. The minimum atomic E-state index is -4.58. The molecule has 1 saturated heterocycles. The Morgan fingerprint density at radius 2 is 1.83 bits per heavy atom. The molecular weight excluding hydrogens is 475 g/mol. The molecule has 1 aromatic heterocycles. The lowest BCUT2D eigenvalue weighted by molar-refractivity contribution is -0.137. The number of hydrogen-bond acceptors (Lipinski definition) is 7. The fourth-order valence-electron chi connectivity index (χ4n) is 4.64. The van der Waals surface area contributed by atoms with Crippen molar-refractivity contribution in [2.24, 2.45) is 0 Å². The second kappa shape index (κ2) is 10.9. The summed E-state index contributed by atoms with van der Waals surface area (Å²) < 4.78 is 50.7. The Morgan fingerprint density at radius 1 is 1.11 bits per heavy atom. The molecule has 1 aliphatic carbocycles. The van der Waals surface area contributed by atoms with E-state index in [2.05, 4.69) is 15.2 Å². The van der Waals surface area contributed by atoms with Crippen molar-refractivity contribution in [3.05, 3.63) is 47.8 Å². The smallest absolute Gasteiger partial charge is 0.417 e. The van der Waals surface area contributed by atoms with Gasteiger partial charge < -0.3 is 24.6 Å². The highest BCUT2D eigenvalue weighted by Gasteiger charge is 2.34. The van der Waals surface area contributed by atoms with Gasteiger partial charge in [0.15, 0.2) is 0 Å². The summed E-state index contributed by atoms with van der Waals surface area (Å²) in [6, 6.07) is 7.29. The number of anilines is 2. The average Bonchev–Trinajstić information content (AvgIpc) is 2.89. The number of pyridine rings is 1. The molecule has 36 heavy (non-hydrogen) atoms. The Kier molecular flexibility index (Phi) is 7.72. The zero-order chi connectivity index (χ0) is 25.7. The number of halogens is 3. The molecule has 0 bridgehead atoms. The molecule has 8 nitrogen and oxygen atoms in total. The van der Waals surface area contributed by atoms with Crippen molar-refractivity contribution >= 4 is 17.5 Å². The van der Waals surface area contributed by atoms with E-state index in [1.807, 2.05) is 6.07 Å². The van der Waals surface area contributed by atoms with Crippen molar-refractivity contribution in [3.8, 4) is 11.8 Å². The fourth-order valence-corrected chi connectivity index (χ4v) is 4.64. The predicted octanol–water partition coefficient (Wildman–Crippen LogP) is 4.66. The van der Waals surface area contributed by atoms with Gasteiger partial charge in [-0.15, -0.1) is 0 Å². The minimum Gasteiger partial charge on any atom is -0.489 e. The van der Waals surface area contributed by atoms with Gasteiger partial charge in [0.2, 0.25) is 0 Å². The first kappa shape index (κ1) is 25.4. The van der Waals surface area contributed by atoms with E-state index >= 15 is 0 Å². The van der Waals surface area contributed by atoms with Crippen LogP contribution in [0.3, 0.4) is 0 Å². The molecule has 192 valence electrons. The van der Waals surface area contributed by atoms with E-state index < -0.39 is 11.7 Å². The van der Waals surface area contributed by atoms with Crippen molar-refractivity contribution in [2.75, 3.05) is 43.5 Å². The van der Waals surface area contributed by atoms with Crippen LogP contribution < -0.4 is 15.0 Å². The van der Waals surface area contributed by atoms with Gasteiger partial charge in [-0.3, -0.25) is 4.98 Å². The number of methoxy groups -OCH3 is 1. The molecule has 4 rings (SSSR count). The van der Waals surface area contributed by atoms with Crippen LogP contribution in [0.25, 0.3) is 0 Å². The summed E-state index contributed by atoms with van der Waals surface area (Å²) in [7, 11) is 1.37. The highest BCUT2D eigenvalue weighted by Crippen LogP contribution is 2.34. The highest BCUT2D eigenvalue weighted by atomic mass is 19.4. The maximum Gasteiger partial charge on any atom is 0.417 e. The quantitative estimate of drug-likeness (QED) is 0.635. The summed E-state index contributed by atoms with van der Waals surface area (Å²) >= 11 is 0. The maximum absolute atomic E-state index is 13.2. The van der Waals surface area contributed by atoms with Crippen molar-refractivity contribution in [2.45, 2.75) is 44.0 Å². The summed E-state index contributed by atoms with van der Waals surface area (Å²) in [5.41, 5.74) is -0.0269. The molecule has 1 N–H and O–H groups in total. The van der Waals surface area contributed by atoms with Crippen LogP contribution in [0, 0.1) is 11.3 Å². The van der Waals surface area contributed by atoms with E-state index in [1.165, 1.54) is 19.2 Å². The number of piperazine rings is 1. The van der Waals surface area contributed by atoms with Gasteiger partial charge in [-0.05, 0) is 43.9 Å². The molecule has 1 amide bonds. The molecule has 2 heterocycles. The molecular formula is C25H28F3N5O3. The Hall–Kier alpha value is -3.68. The summed E-state index contributed by atoms with van der Waals surface area (Å²) in [6.07, 6.45) is 1.53. The van der Waals surface area contributed by atoms with Gasteiger partial charge in [-0.25, -0.2) is 4.79 Å². The Labute approximate surface area is 207 Å². The first-order chi connectivity index (χ1) is 17.3. The molecule has 0 spiro atoms. The third-order valence-electron chi connectivity index (χ3n) is 6.57. The fraction of sp³-hybridized carbons (Fsp3) is 0.480. The number of hydrogen-bond donors (Lipinski definition) is 1. The van der Waals surface area contributed by atoms with E-state index in [0.29, 0.717) is 37.6 Å². The number of nitriles is 1. The first-order valence-corrected chi connectivity index (χ1v) is 11.8. The normalized spacial score (nSPS) is 20.4. The molecule has 1 aromatic carbocycles. The van der Waals surface area contributed by atoms with Crippen LogP contribution in [0.4, 0.5) is 29.3 Å². The lowest BCUT2D eigenvalue weighted by atomic mass is 9.92. The Bertz CT molecular complexity index is 1100. The molecule has 11 heteroatoms. The number of carbonyl (C=O) groups excluding carboxylic acids is 1. The molecule has 0 unspecified atom stereocenters. The van der Waals surface area contributed by atoms with Gasteiger partial charge in [0, 0.05) is 44.0 Å². The van der Waals surface area contributed by atoms with E-state index in [4.69, 9.17) is 14.7 Å². The minimum absolute atomic E-state index is 0.0111. The lowest BCUT2D eigenvalue weighted by Crippen LogP contribution is -2.48. The zero-order valence-electron chi connectivity index (χ0n) is 19.9. The van der Waals surface area contributed by atoms with Gasteiger partial charge in [0.25, 0.3) is 0 Å². The zero-order valence-corrected chi connectivity index (χ0v) is 19.9. The highest BCUT2D eigenvalue weighted by molar-refractivity contribution is 5.68. The van der Waals surface area contributed by atoms with Crippen molar-refractivity contribution < 1.29 is 27.4 Å². The molecule has 1 saturated carbocycles. The molecule has 2 aromatic rings. The van der Waals surface area contributed by atoms with E-state index in [0.717, 1.165) is 37.4 Å². The summed E-state index contributed by atoms with van der Waals surface area (Å²) in [5, 5.41) is 12.1. The number of alkyl halides is 3. The summed E-state index contributed by atoms with van der Waals surface area (Å²) in [4.78, 5) is 19.8. The molecule has 2 fully saturated rings. The number of amides is 1. The lowest BCUT2D eigenvalue weighted by Gasteiger charge is -2.35. The molecule has 0 atom stereocenters. The van der Waals surface area contributed by atoms with E-state index in [1.54, 1.807) is 23.4 Å². The number of nitrogens with zero attached hydrogens (tertiary/aromatic N) is 4. The van der Waals surface area contributed by atoms with E-state index in [-0.39, 0.29) is 23.8 Å². The van der Waals surface area contributed by atoms with Crippen LogP contribution in [-0.4, -0.2) is 61.4 Å². The molecule has 0 radical (unpaired) electrons. The Morgan fingerprint density at radius 3 is 2.47 bits per heavy atom. The molecule has 1 aliphatic heterocycles. The van der Waals surface area contributed by atoms with Crippen molar-refractivity contribution in [3.63, 3.8) is 0 Å². The first-order valence-electron chi connectivity index (χ1n) is 11.8. The third kappa shape index (κ3) is 6.11. The van der Waals surface area contributed by atoms with Crippen LogP contribution in [0.1, 0.15) is 36.8 Å². The number of benzene rings is 1. The average molecular weight is 504 g/mol. The number of carbonyl (C=O) groups is 1. The standard InChI is InChI=1S/C25H28F3N5O3/c1-35-24(34)33-10-8-32(9-11-33)20-13-22(16-30-15-20)36-21-6-4-18(5-7-21)31-19-3-2-17(14-29)23(12-19)25(26,27)28/h2-3,12-13,15-16,18,21,31H,4-11H2,1H3. The summed E-state index contributed by atoms with van der Waals surface area (Å²) in [5.74, 6) is 0.668. The SMILES string of the molecule is COC(=O)N1CCN(c2cncc(OC3CCC(Nc4ccc(C#N)c(C(F)(F)F)c4)CC3)c2)CC1. The van der Waals surface area contributed by atoms with Gasteiger partial charge in [0.1, 0.15) is 5.75 Å². The van der Waals surface area contributed by atoms with Gasteiger partial charge in [-0.2, -0.15) is 18.4 Å². The number of ether oxygens (including phenoxy) is 2. The topological polar surface area (TPSA) is 90.7 Å². The predicted molar refractivity (Wildman–Crippen MR) is 127 cm³/mol. The maximum atomic E-state index is 13.2. The third-order valence-corrected chi connectivity index (χ3v) is 6.57. The van der Waals surface area contributed by atoms with E-state index in [9.17, 15) is 18.0 Å². The van der Waals surface area contributed by atoms with Gasteiger partial charge in [-0.1, -0.05) is 0 Å². The largest absolute Gasteiger partial charge is 0.489 e. The second-order valence-electron chi connectivity index (χ2n) is 8.93. The van der Waals surface area contributed by atoms with Gasteiger partial charge >= 0.3 is 12.3 Å². The summed E-state index contributed by atoms with van der Waals surface area (Å²) in [6.45, 7) is 2.47. The van der Waals surface area contributed by atoms with Crippen LogP contribution in [0.5, 0.6) is 5.75 Å². The van der Waals surface area contributed by atoms with Crippen LogP contribution >= 0.6 is 0 Å².